The van der Waals surface area contributed by atoms with Gasteiger partial charge in [0.15, 0.2) is 0 Å². The Morgan fingerprint density at radius 2 is 1.68 bits per heavy atom. The zero-order valence-electron chi connectivity index (χ0n) is 12.8. The van der Waals surface area contributed by atoms with Gasteiger partial charge in [-0.3, -0.25) is 4.48 Å². The molecule has 110 valence electrons. The molecule has 0 aliphatic rings. The van der Waals surface area contributed by atoms with Crippen molar-refractivity contribution >= 4 is 5.69 Å². The summed E-state index contributed by atoms with van der Waals surface area (Å²) in [6.07, 6.45) is 6.42. The summed E-state index contributed by atoms with van der Waals surface area (Å²) in [4.78, 5) is 0. The van der Waals surface area contributed by atoms with Gasteiger partial charge in [0.1, 0.15) is 11.4 Å². The summed E-state index contributed by atoms with van der Waals surface area (Å²) in [5, 5.41) is 0. The van der Waals surface area contributed by atoms with Gasteiger partial charge in [-0.05, 0) is 18.6 Å². The summed E-state index contributed by atoms with van der Waals surface area (Å²) >= 11 is 0. The van der Waals surface area contributed by atoms with Crippen LogP contribution in [-0.2, 0) is 0 Å². The van der Waals surface area contributed by atoms with E-state index in [1.165, 1.54) is 31.4 Å². The Kier molecular flexibility index (Phi) is 9.11. The minimum absolute atomic E-state index is 0. The summed E-state index contributed by atoms with van der Waals surface area (Å²) in [7, 11) is 6.51. The van der Waals surface area contributed by atoms with E-state index in [1.54, 1.807) is 0 Å². The molecule has 0 saturated heterocycles. The predicted octanol–water partition coefficient (Wildman–Crippen LogP) is 1.24. The lowest BCUT2D eigenvalue weighted by molar-refractivity contribution is -0.00000462. The van der Waals surface area contributed by atoms with Gasteiger partial charge >= 0.3 is 0 Å². The van der Waals surface area contributed by atoms with E-state index in [-0.39, 0.29) is 17.0 Å². The highest BCUT2D eigenvalue weighted by Crippen LogP contribution is 2.22. The van der Waals surface area contributed by atoms with E-state index < -0.39 is 0 Å². The lowest BCUT2D eigenvalue weighted by atomic mass is 10.2. The van der Waals surface area contributed by atoms with E-state index in [9.17, 15) is 0 Å². The Bertz CT molecular complexity index is 347. The molecule has 19 heavy (non-hydrogen) atoms. The third-order valence-corrected chi connectivity index (χ3v) is 3.11. The van der Waals surface area contributed by atoms with Crippen LogP contribution in [0.1, 0.15) is 39.0 Å². The fraction of sp³-hybridized carbons (Fsp3) is 0.625. The standard InChI is InChI=1S/C16H28NO.BrH/c1-5-6-7-8-9-13-18-16-12-10-11-15(14-16)17(2,3)4;/h10-12,14H,5-9,13H2,1-4H3;1H/q+1;/p-1. The van der Waals surface area contributed by atoms with Crippen LogP contribution in [0, 0.1) is 0 Å². The van der Waals surface area contributed by atoms with Gasteiger partial charge < -0.3 is 21.7 Å². The molecule has 0 bridgehead atoms. The maximum atomic E-state index is 5.81. The van der Waals surface area contributed by atoms with Crippen molar-refractivity contribution in [1.29, 1.82) is 0 Å². The number of quaternary nitrogens is 1. The number of hydrogen-bond acceptors (Lipinski definition) is 1. The average molecular weight is 330 g/mol. The number of halogens is 1. The first-order chi connectivity index (χ1) is 8.54. The highest BCUT2D eigenvalue weighted by Gasteiger charge is 2.12. The second-order valence-corrected chi connectivity index (χ2v) is 5.77. The highest BCUT2D eigenvalue weighted by molar-refractivity contribution is 5.46. The van der Waals surface area contributed by atoms with E-state index in [0.717, 1.165) is 23.3 Å². The van der Waals surface area contributed by atoms with Crippen LogP contribution in [0.2, 0.25) is 0 Å². The normalized spacial score (nSPS) is 10.9. The molecule has 0 amide bonds. The van der Waals surface area contributed by atoms with Crippen molar-refractivity contribution in [3.05, 3.63) is 24.3 Å². The van der Waals surface area contributed by atoms with Crippen LogP contribution in [0.3, 0.4) is 0 Å². The topological polar surface area (TPSA) is 9.23 Å². The largest absolute Gasteiger partial charge is 1.00 e. The van der Waals surface area contributed by atoms with Crippen LogP contribution in [0.5, 0.6) is 5.75 Å². The maximum Gasteiger partial charge on any atom is 0.135 e. The number of unbranched alkanes of at least 4 members (excludes halogenated alkanes) is 4. The van der Waals surface area contributed by atoms with E-state index in [4.69, 9.17) is 4.74 Å². The molecule has 0 fully saturated rings. The van der Waals surface area contributed by atoms with Crippen molar-refractivity contribution in [2.45, 2.75) is 39.0 Å². The first-order valence-electron chi connectivity index (χ1n) is 7.09. The molecule has 0 heterocycles. The molecule has 3 heteroatoms. The lowest BCUT2D eigenvalue weighted by Gasteiger charge is -2.23. The second kappa shape index (κ2) is 9.38. The van der Waals surface area contributed by atoms with Crippen molar-refractivity contribution in [2.24, 2.45) is 0 Å². The van der Waals surface area contributed by atoms with Crippen LogP contribution in [0.4, 0.5) is 5.69 Å². The maximum absolute atomic E-state index is 5.81. The van der Waals surface area contributed by atoms with E-state index in [2.05, 4.69) is 46.3 Å². The number of hydrogen-bond donors (Lipinski definition) is 0. The quantitative estimate of drug-likeness (QED) is 0.515. The number of nitrogens with zero attached hydrogens (tertiary/aromatic N) is 1. The summed E-state index contributed by atoms with van der Waals surface area (Å²) in [6, 6.07) is 8.41. The van der Waals surface area contributed by atoms with Gasteiger partial charge in [-0.2, -0.15) is 0 Å². The Morgan fingerprint density at radius 1 is 1.00 bits per heavy atom. The molecule has 0 aliphatic carbocycles. The molecule has 1 rings (SSSR count). The van der Waals surface area contributed by atoms with Crippen molar-refractivity contribution in [3.63, 3.8) is 0 Å². The summed E-state index contributed by atoms with van der Waals surface area (Å²) in [5.74, 6) is 0.996. The molecule has 0 unspecified atom stereocenters. The monoisotopic (exact) mass is 329 g/mol. The van der Waals surface area contributed by atoms with Gasteiger partial charge in [0.25, 0.3) is 0 Å². The van der Waals surface area contributed by atoms with Gasteiger partial charge in [0, 0.05) is 6.07 Å². The van der Waals surface area contributed by atoms with Gasteiger partial charge in [0.2, 0.25) is 0 Å². The molecule has 0 N–H and O–H groups in total. The van der Waals surface area contributed by atoms with E-state index in [1.807, 2.05) is 6.07 Å². The zero-order chi connectivity index (χ0) is 13.4. The molecule has 2 nitrogen and oxygen atoms in total. The van der Waals surface area contributed by atoms with Gasteiger partial charge in [-0.25, -0.2) is 0 Å². The molecule has 0 spiro atoms. The Morgan fingerprint density at radius 3 is 2.32 bits per heavy atom. The zero-order valence-corrected chi connectivity index (χ0v) is 14.4. The fourth-order valence-electron chi connectivity index (χ4n) is 1.89. The molecular weight excluding hydrogens is 302 g/mol. The molecule has 0 aliphatic heterocycles. The fourth-order valence-corrected chi connectivity index (χ4v) is 1.89. The number of ether oxygens (including phenoxy) is 1. The molecule has 1 aromatic carbocycles. The van der Waals surface area contributed by atoms with Crippen LogP contribution >= 0.6 is 0 Å². The lowest BCUT2D eigenvalue weighted by Crippen LogP contribution is -3.00. The van der Waals surface area contributed by atoms with Crippen molar-refractivity contribution in [1.82, 2.24) is 4.48 Å². The van der Waals surface area contributed by atoms with Gasteiger partial charge in [-0.15, -0.1) is 0 Å². The Balaban J connectivity index is 0.00000324. The average Bonchev–Trinajstić information content (AvgIpc) is 2.33. The first-order valence-corrected chi connectivity index (χ1v) is 7.09. The Labute approximate surface area is 129 Å². The predicted molar refractivity (Wildman–Crippen MR) is 80.3 cm³/mol. The van der Waals surface area contributed by atoms with Crippen LogP contribution in [-0.4, -0.2) is 27.7 Å². The van der Waals surface area contributed by atoms with Crippen molar-refractivity contribution in [2.75, 3.05) is 27.7 Å². The first kappa shape index (κ1) is 18.5. The third-order valence-electron chi connectivity index (χ3n) is 3.11. The summed E-state index contributed by atoms with van der Waals surface area (Å²) < 4.78 is 6.64. The summed E-state index contributed by atoms with van der Waals surface area (Å²) in [6.45, 7) is 3.08. The Hall–Kier alpha value is -0.540. The van der Waals surface area contributed by atoms with Crippen molar-refractivity contribution < 1.29 is 21.7 Å². The molecule has 0 aromatic heterocycles. The van der Waals surface area contributed by atoms with Crippen LogP contribution in [0.15, 0.2) is 24.3 Å². The molecule has 0 atom stereocenters. The second-order valence-electron chi connectivity index (χ2n) is 5.77. The van der Waals surface area contributed by atoms with E-state index >= 15 is 0 Å². The van der Waals surface area contributed by atoms with Gasteiger partial charge in [-0.1, -0.05) is 38.7 Å². The smallest absolute Gasteiger partial charge is 0.135 e. The minimum atomic E-state index is 0. The van der Waals surface area contributed by atoms with Crippen LogP contribution in [0.25, 0.3) is 0 Å². The third kappa shape index (κ3) is 7.58. The number of rotatable bonds is 8. The SMILES string of the molecule is CCCCCCCOc1cccc([N+](C)(C)C)c1.[Br-]. The van der Waals surface area contributed by atoms with Crippen LogP contribution < -0.4 is 26.2 Å². The molecule has 0 saturated carbocycles. The molecule has 0 radical (unpaired) electrons. The highest BCUT2D eigenvalue weighted by atomic mass is 79.9. The van der Waals surface area contributed by atoms with E-state index in [0.29, 0.717) is 0 Å². The summed E-state index contributed by atoms with van der Waals surface area (Å²) in [5.41, 5.74) is 1.28. The van der Waals surface area contributed by atoms with Gasteiger partial charge in [0.05, 0.1) is 27.7 Å². The minimum Gasteiger partial charge on any atom is -1.00 e. The molecular formula is C16H28BrNO. The molecule has 1 aromatic rings. The number of benzene rings is 1. The van der Waals surface area contributed by atoms with Crippen molar-refractivity contribution in [3.8, 4) is 5.75 Å².